The number of esters is 1. The van der Waals surface area contributed by atoms with Crippen LogP contribution >= 0.6 is 11.8 Å². The van der Waals surface area contributed by atoms with Gasteiger partial charge in [0.25, 0.3) is 5.91 Å². The Morgan fingerprint density at radius 1 is 1.05 bits per heavy atom. The number of rotatable bonds is 9. The molecule has 0 radical (unpaired) electrons. The van der Waals surface area contributed by atoms with Gasteiger partial charge in [0.1, 0.15) is 5.75 Å². The van der Waals surface area contributed by atoms with Crippen molar-refractivity contribution in [2.45, 2.75) is 29.6 Å². The molecular weight excluding hydrogens is 516 g/mol. The molecule has 0 spiro atoms. The van der Waals surface area contributed by atoms with Gasteiger partial charge in [-0.1, -0.05) is 30.3 Å². The number of hydrogen-bond donors (Lipinski definition) is 0. The van der Waals surface area contributed by atoms with E-state index in [9.17, 15) is 9.59 Å². The van der Waals surface area contributed by atoms with Crippen molar-refractivity contribution in [3.05, 3.63) is 77.9 Å². The molecule has 0 saturated carbocycles. The number of carbonyl (C=O) groups is 2. The third-order valence-electron chi connectivity index (χ3n) is 6.86. The number of hydrogen-bond acceptors (Lipinski definition) is 8. The normalized spacial score (nSPS) is 18.1. The van der Waals surface area contributed by atoms with Crippen LogP contribution in [0.25, 0.3) is 0 Å². The van der Waals surface area contributed by atoms with Gasteiger partial charge in [-0.15, -0.1) is 11.8 Å². The zero-order chi connectivity index (χ0) is 27.4. The average molecular weight is 549 g/mol. The summed E-state index contributed by atoms with van der Waals surface area (Å²) in [7, 11) is 3.65. The summed E-state index contributed by atoms with van der Waals surface area (Å²) in [5.41, 5.74) is 2.87. The van der Waals surface area contributed by atoms with Crippen molar-refractivity contribution in [1.82, 2.24) is 4.90 Å². The van der Waals surface area contributed by atoms with Crippen molar-refractivity contribution in [3.8, 4) is 17.2 Å². The minimum Gasteiger partial charge on any atom is -0.497 e. The first-order valence-electron chi connectivity index (χ1n) is 12.9. The second-order valence-corrected chi connectivity index (χ2v) is 10.7. The number of ether oxygens (including phenoxy) is 4. The molecule has 0 saturated heterocycles. The Kier molecular flexibility index (Phi) is 8.28. The van der Waals surface area contributed by atoms with Gasteiger partial charge in [0, 0.05) is 31.5 Å². The molecule has 0 fully saturated rings. The first-order valence-corrected chi connectivity index (χ1v) is 13.8. The lowest BCUT2D eigenvalue weighted by Gasteiger charge is -2.29. The van der Waals surface area contributed by atoms with Gasteiger partial charge in [-0.2, -0.15) is 0 Å². The fraction of sp³-hybridized carbons (Fsp3) is 0.333. The van der Waals surface area contributed by atoms with E-state index >= 15 is 0 Å². The summed E-state index contributed by atoms with van der Waals surface area (Å²) in [6.07, 6.45) is -0.129. The summed E-state index contributed by atoms with van der Waals surface area (Å²) < 4.78 is 21.9. The van der Waals surface area contributed by atoms with E-state index in [1.165, 1.54) is 18.7 Å². The lowest BCUT2D eigenvalue weighted by Crippen LogP contribution is -2.45. The Balaban J connectivity index is 1.33. The number of benzene rings is 3. The maximum absolute atomic E-state index is 14.0. The molecule has 5 rings (SSSR count). The highest BCUT2D eigenvalue weighted by molar-refractivity contribution is 7.99. The average Bonchev–Trinajstić information content (AvgIpc) is 3.38. The highest BCUT2D eigenvalue weighted by Gasteiger charge is 2.40. The van der Waals surface area contributed by atoms with E-state index in [4.69, 9.17) is 18.9 Å². The van der Waals surface area contributed by atoms with Gasteiger partial charge in [0.05, 0.1) is 18.0 Å². The maximum Gasteiger partial charge on any atom is 0.303 e. The molecule has 2 atom stereocenters. The predicted octanol–water partition coefficient (Wildman–Crippen LogP) is 4.71. The molecule has 0 aromatic heterocycles. The number of para-hydroxylation sites is 1. The number of fused-ring (bicyclic) bond motifs is 2. The minimum absolute atomic E-state index is 0.229. The van der Waals surface area contributed by atoms with Gasteiger partial charge in [0.15, 0.2) is 17.6 Å². The lowest BCUT2D eigenvalue weighted by atomic mass is 10.1. The van der Waals surface area contributed by atoms with Crippen molar-refractivity contribution in [2.24, 2.45) is 0 Å². The van der Waals surface area contributed by atoms with E-state index < -0.39 is 17.3 Å². The Morgan fingerprint density at radius 3 is 2.59 bits per heavy atom. The third kappa shape index (κ3) is 6.15. The van der Waals surface area contributed by atoms with Crippen molar-refractivity contribution in [2.75, 3.05) is 45.5 Å². The Morgan fingerprint density at radius 2 is 1.82 bits per heavy atom. The zero-order valence-electron chi connectivity index (χ0n) is 22.3. The second kappa shape index (κ2) is 12.0. The first kappa shape index (κ1) is 26.9. The van der Waals surface area contributed by atoms with Crippen LogP contribution in [-0.2, 0) is 20.7 Å². The molecule has 3 aromatic rings. The van der Waals surface area contributed by atoms with E-state index in [1.807, 2.05) is 67.7 Å². The summed E-state index contributed by atoms with van der Waals surface area (Å²) in [5, 5.41) is -0.401. The first-order chi connectivity index (χ1) is 18.9. The Labute approximate surface area is 232 Å². The van der Waals surface area contributed by atoms with E-state index in [-0.39, 0.29) is 12.7 Å². The molecule has 0 bridgehead atoms. The molecule has 0 N–H and O–H groups in total. The summed E-state index contributed by atoms with van der Waals surface area (Å²) in [4.78, 5) is 31.1. The van der Waals surface area contributed by atoms with Gasteiger partial charge in [-0.25, -0.2) is 0 Å². The Bertz CT molecular complexity index is 1330. The minimum atomic E-state index is -0.966. The quantitative estimate of drug-likeness (QED) is 0.356. The van der Waals surface area contributed by atoms with Crippen LogP contribution in [0.4, 0.5) is 5.69 Å². The summed E-state index contributed by atoms with van der Waals surface area (Å²) >= 11 is 1.54. The molecule has 204 valence electrons. The van der Waals surface area contributed by atoms with Gasteiger partial charge < -0.3 is 28.7 Å². The van der Waals surface area contributed by atoms with E-state index in [2.05, 4.69) is 11.0 Å². The van der Waals surface area contributed by atoms with Crippen LogP contribution in [-0.4, -0.2) is 63.5 Å². The fourth-order valence-corrected chi connectivity index (χ4v) is 6.06. The number of carbonyl (C=O) groups excluding carboxylic acids is 2. The van der Waals surface area contributed by atoms with Crippen molar-refractivity contribution in [3.63, 3.8) is 0 Å². The van der Waals surface area contributed by atoms with Crippen molar-refractivity contribution in [1.29, 1.82) is 0 Å². The molecule has 3 aromatic carbocycles. The molecule has 2 heterocycles. The van der Waals surface area contributed by atoms with Crippen LogP contribution in [0.3, 0.4) is 0 Å². The van der Waals surface area contributed by atoms with Crippen LogP contribution in [0.15, 0.2) is 71.6 Å². The van der Waals surface area contributed by atoms with Crippen LogP contribution in [0.5, 0.6) is 17.2 Å². The number of nitrogens with zero attached hydrogens (tertiary/aromatic N) is 2. The predicted molar refractivity (Wildman–Crippen MR) is 150 cm³/mol. The van der Waals surface area contributed by atoms with Gasteiger partial charge in [0.2, 0.25) is 6.79 Å². The highest BCUT2D eigenvalue weighted by atomic mass is 32.2. The van der Waals surface area contributed by atoms with Crippen molar-refractivity contribution >= 4 is 29.3 Å². The lowest BCUT2D eigenvalue weighted by molar-refractivity contribution is -0.152. The Hall–Kier alpha value is -3.69. The van der Waals surface area contributed by atoms with Crippen LogP contribution < -0.4 is 19.1 Å². The summed E-state index contributed by atoms with van der Waals surface area (Å²) in [6.45, 7) is 3.52. The second-order valence-electron chi connectivity index (χ2n) is 9.54. The van der Waals surface area contributed by atoms with E-state index in [0.29, 0.717) is 13.1 Å². The van der Waals surface area contributed by atoms with Crippen LogP contribution in [0.1, 0.15) is 23.3 Å². The molecule has 2 aliphatic heterocycles. The maximum atomic E-state index is 14.0. The zero-order valence-corrected chi connectivity index (χ0v) is 23.1. The van der Waals surface area contributed by atoms with E-state index in [1.54, 1.807) is 12.0 Å². The standard InChI is InChI=1S/C30H32N2O6S/c1-20(33)38-28-29(22-9-11-23(35-3)12-10-22)39-27-7-5-4-6-24(27)32(30(28)34)17-16-31(2)15-14-21-8-13-25-26(18-21)37-19-36-25/h4-13,18,28-29H,14-17,19H2,1-3H3. The molecule has 2 unspecified atom stereocenters. The molecule has 0 aliphatic carbocycles. The van der Waals surface area contributed by atoms with Gasteiger partial charge in [-0.3, -0.25) is 9.59 Å². The summed E-state index contributed by atoms with van der Waals surface area (Å²) in [6, 6.07) is 21.4. The number of thioether (sulfide) groups is 1. The smallest absolute Gasteiger partial charge is 0.303 e. The fourth-order valence-electron chi connectivity index (χ4n) is 4.74. The largest absolute Gasteiger partial charge is 0.497 e. The summed E-state index contributed by atoms with van der Waals surface area (Å²) in [5.74, 6) is 1.56. The molecule has 39 heavy (non-hydrogen) atoms. The third-order valence-corrected chi connectivity index (χ3v) is 8.23. The number of likely N-dealkylation sites (N-methyl/N-ethyl adjacent to an activating group) is 1. The van der Waals surface area contributed by atoms with Gasteiger partial charge in [-0.05, 0) is 61.0 Å². The van der Waals surface area contributed by atoms with Crippen molar-refractivity contribution < 1.29 is 28.5 Å². The highest BCUT2D eigenvalue weighted by Crippen LogP contribution is 2.46. The molecular formula is C30H32N2O6S. The van der Waals surface area contributed by atoms with E-state index in [0.717, 1.165) is 51.9 Å². The molecule has 2 aliphatic rings. The molecule has 9 heteroatoms. The molecule has 8 nitrogen and oxygen atoms in total. The van der Waals surface area contributed by atoms with Crippen LogP contribution in [0, 0.1) is 0 Å². The topological polar surface area (TPSA) is 77.5 Å². The number of amides is 1. The van der Waals surface area contributed by atoms with Crippen LogP contribution in [0.2, 0.25) is 0 Å². The number of anilines is 1. The van der Waals surface area contributed by atoms with Gasteiger partial charge >= 0.3 is 5.97 Å². The number of methoxy groups -OCH3 is 1. The molecule has 1 amide bonds. The monoisotopic (exact) mass is 548 g/mol. The SMILES string of the molecule is COc1ccc(C2Sc3ccccc3N(CCN(C)CCc3ccc4c(c3)OCO4)C(=O)C2OC(C)=O)cc1.